The lowest BCUT2D eigenvalue weighted by Crippen LogP contribution is -2.36. The average molecular weight is 261 g/mol. The molecule has 1 saturated carbocycles. The van der Waals surface area contributed by atoms with Crippen LogP contribution in [0.3, 0.4) is 0 Å². The molecular formula is C16H27N3. The summed E-state index contributed by atoms with van der Waals surface area (Å²) in [6, 6.07) is 6.11. The molecule has 0 atom stereocenters. The summed E-state index contributed by atoms with van der Waals surface area (Å²) in [5, 5.41) is 0. The Labute approximate surface area is 117 Å². The second-order valence-corrected chi connectivity index (χ2v) is 6.07. The maximum Gasteiger partial charge on any atom is 0.0543 e. The number of hydrogen-bond acceptors (Lipinski definition) is 3. The van der Waals surface area contributed by atoms with Gasteiger partial charge in [0.05, 0.1) is 5.69 Å². The van der Waals surface area contributed by atoms with Gasteiger partial charge < -0.3 is 10.6 Å². The lowest BCUT2D eigenvalue weighted by molar-refractivity contribution is 0.154. The van der Waals surface area contributed by atoms with Crippen molar-refractivity contribution in [2.45, 2.75) is 45.1 Å². The Kier molecular flexibility index (Phi) is 5.34. The largest absolute Gasteiger partial charge is 0.330 e. The number of rotatable bonds is 6. The molecule has 2 rings (SSSR count). The van der Waals surface area contributed by atoms with E-state index >= 15 is 0 Å². The molecule has 1 aliphatic carbocycles. The van der Waals surface area contributed by atoms with Gasteiger partial charge in [-0.1, -0.05) is 25.3 Å². The van der Waals surface area contributed by atoms with Crippen LogP contribution in [0.4, 0.5) is 0 Å². The Morgan fingerprint density at radius 1 is 1.26 bits per heavy atom. The van der Waals surface area contributed by atoms with Crippen LogP contribution in [0.1, 0.15) is 44.2 Å². The minimum absolute atomic E-state index is 0.413. The summed E-state index contributed by atoms with van der Waals surface area (Å²) in [4.78, 5) is 6.75. The monoisotopic (exact) mass is 261 g/mol. The van der Waals surface area contributed by atoms with Gasteiger partial charge in [-0.25, -0.2) is 0 Å². The van der Waals surface area contributed by atoms with Gasteiger partial charge in [-0.15, -0.1) is 0 Å². The van der Waals surface area contributed by atoms with Crippen molar-refractivity contribution in [3.63, 3.8) is 0 Å². The molecule has 3 nitrogen and oxygen atoms in total. The third-order valence-electron chi connectivity index (χ3n) is 4.53. The van der Waals surface area contributed by atoms with Crippen molar-refractivity contribution in [3.05, 3.63) is 30.1 Å². The van der Waals surface area contributed by atoms with Gasteiger partial charge in [0.25, 0.3) is 0 Å². The smallest absolute Gasteiger partial charge is 0.0543 e. The fraction of sp³-hybridized carbons (Fsp3) is 0.688. The topological polar surface area (TPSA) is 42.1 Å². The number of pyridine rings is 1. The maximum atomic E-state index is 6.05. The summed E-state index contributed by atoms with van der Waals surface area (Å²) in [7, 11) is 2.18. The molecule has 0 aromatic carbocycles. The van der Waals surface area contributed by atoms with Crippen LogP contribution >= 0.6 is 0 Å². The molecule has 3 heteroatoms. The van der Waals surface area contributed by atoms with Crippen molar-refractivity contribution in [2.24, 2.45) is 11.1 Å². The Balaban J connectivity index is 1.80. The zero-order valence-corrected chi connectivity index (χ0v) is 12.1. The first-order valence-electron chi connectivity index (χ1n) is 7.53. The van der Waals surface area contributed by atoms with Crippen LogP contribution in [0, 0.1) is 5.41 Å². The standard InChI is InChI=1S/C16H27N3/c1-19(13-15-7-3-6-11-18-15)12-10-16(14-17)8-4-2-5-9-16/h3,6-7,11H,2,4-5,8-10,12-14,17H2,1H3. The van der Waals surface area contributed by atoms with E-state index in [2.05, 4.69) is 29.1 Å². The summed E-state index contributed by atoms with van der Waals surface area (Å²) < 4.78 is 0. The van der Waals surface area contributed by atoms with Crippen LogP contribution < -0.4 is 5.73 Å². The van der Waals surface area contributed by atoms with Gasteiger partial charge in [0.1, 0.15) is 0 Å². The van der Waals surface area contributed by atoms with Gasteiger partial charge in [0.2, 0.25) is 0 Å². The molecule has 0 saturated heterocycles. The van der Waals surface area contributed by atoms with Crippen molar-refractivity contribution in [1.82, 2.24) is 9.88 Å². The van der Waals surface area contributed by atoms with Crippen LogP contribution in [0.25, 0.3) is 0 Å². The third kappa shape index (κ3) is 4.29. The molecule has 0 amide bonds. The van der Waals surface area contributed by atoms with Crippen molar-refractivity contribution in [1.29, 1.82) is 0 Å². The van der Waals surface area contributed by atoms with Crippen molar-refractivity contribution >= 4 is 0 Å². The molecule has 0 bridgehead atoms. The van der Waals surface area contributed by atoms with E-state index in [9.17, 15) is 0 Å². The van der Waals surface area contributed by atoms with E-state index in [-0.39, 0.29) is 0 Å². The number of hydrogen-bond donors (Lipinski definition) is 1. The second-order valence-electron chi connectivity index (χ2n) is 6.07. The summed E-state index contributed by atoms with van der Waals surface area (Å²) in [5.74, 6) is 0. The van der Waals surface area contributed by atoms with E-state index in [0.29, 0.717) is 5.41 Å². The van der Waals surface area contributed by atoms with Crippen LogP contribution in [-0.4, -0.2) is 30.0 Å². The zero-order chi connectivity index (χ0) is 13.6. The predicted octanol–water partition coefficient (Wildman–Crippen LogP) is 2.81. The molecule has 1 aromatic rings. The molecule has 2 N–H and O–H groups in total. The number of nitrogens with two attached hydrogens (primary N) is 1. The van der Waals surface area contributed by atoms with E-state index in [1.54, 1.807) is 0 Å². The summed E-state index contributed by atoms with van der Waals surface area (Å²) in [5.41, 5.74) is 7.61. The lowest BCUT2D eigenvalue weighted by Gasteiger charge is -2.37. The first-order valence-corrected chi connectivity index (χ1v) is 7.53. The molecule has 1 aromatic heterocycles. The molecule has 0 aliphatic heterocycles. The Morgan fingerprint density at radius 3 is 2.68 bits per heavy atom. The summed E-state index contributed by atoms with van der Waals surface area (Å²) in [6.45, 7) is 2.90. The van der Waals surface area contributed by atoms with Gasteiger partial charge in [-0.2, -0.15) is 0 Å². The molecule has 1 fully saturated rings. The molecular weight excluding hydrogens is 234 g/mol. The highest BCUT2D eigenvalue weighted by atomic mass is 15.1. The maximum absolute atomic E-state index is 6.05. The molecule has 1 aliphatic rings. The Bertz CT molecular complexity index is 358. The van der Waals surface area contributed by atoms with Crippen molar-refractivity contribution in [3.8, 4) is 0 Å². The first kappa shape index (κ1) is 14.5. The zero-order valence-electron chi connectivity index (χ0n) is 12.1. The van der Waals surface area contributed by atoms with Gasteiger partial charge in [0.15, 0.2) is 0 Å². The fourth-order valence-electron chi connectivity index (χ4n) is 3.13. The minimum atomic E-state index is 0.413. The van der Waals surface area contributed by atoms with Crippen LogP contribution in [0.5, 0.6) is 0 Å². The van der Waals surface area contributed by atoms with E-state index in [0.717, 1.165) is 25.3 Å². The predicted molar refractivity (Wildman–Crippen MR) is 79.8 cm³/mol. The summed E-state index contributed by atoms with van der Waals surface area (Å²) in [6.07, 6.45) is 9.86. The van der Waals surface area contributed by atoms with E-state index in [4.69, 9.17) is 5.73 Å². The van der Waals surface area contributed by atoms with Gasteiger partial charge in [-0.3, -0.25) is 4.98 Å². The fourth-order valence-corrected chi connectivity index (χ4v) is 3.13. The molecule has 106 valence electrons. The molecule has 1 heterocycles. The number of nitrogens with zero attached hydrogens (tertiary/aromatic N) is 2. The molecule has 0 spiro atoms. The van der Waals surface area contributed by atoms with Gasteiger partial charge in [0, 0.05) is 12.7 Å². The highest BCUT2D eigenvalue weighted by molar-refractivity contribution is 5.03. The highest BCUT2D eigenvalue weighted by Crippen LogP contribution is 2.38. The SMILES string of the molecule is CN(CCC1(CN)CCCCC1)Cc1ccccn1. The lowest BCUT2D eigenvalue weighted by atomic mass is 9.72. The Hall–Kier alpha value is -0.930. The van der Waals surface area contributed by atoms with E-state index in [1.807, 2.05) is 12.3 Å². The van der Waals surface area contributed by atoms with E-state index in [1.165, 1.54) is 38.5 Å². The van der Waals surface area contributed by atoms with Gasteiger partial charge in [-0.05, 0) is 56.9 Å². The molecule has 19 heavy (non-hydrogen) atoms. The first-order chi connectivity index (χ1) is 9.24. The van der Waals surface area contributed by atoms with E-state index < -0.39 is 0 Å². The van der Waals surface area contributed by atoms with Crippen molar-refractivity contribution in [2.75, 3.05) is 20.1 Å². The quantitative estimate of drug-likeness (QED) is 0.856. The highest BCUT2D eigenvalue weighted by Gasteiger charge is 2.30. The summed E-state index contributed by atoms with van der Waals surface area (Å²) >= 11 is 0. The van der Waals surface area contributed by atoms with Gasteiger partial charge >= 0.3 is 0 Å². The average Bonchev–Trinajstić information content (AvgIpc) is 2.47. The number of aromatic nitrogens is 1. The van der Waals surface area contributed by atoms with Crippen molar-refractivity contribution < 1.29 is 0 Å². The van der Waals surface area contributed by atoms with Crippen LogP contribution in [-0.2, 0) is 6.54 Å². The normalized spacial score (nSPS) is 18.7. The third-order valence-corrected chi connectivity index (χ3v) is 4.53. The van der Waals surface area contributed by atoms with Crippen LogP contribution in [0.2, 0.25) is 0 Å². The second kappa shape index (κ2) is 7.01. The molecule has 0 unspecified atom stereocenters. The van der Waals surface area contributed by atoms with Crippen LogP contribution in [0.15, 0.2) is 24.4 Å². The molecule has 0 radical (unpaired) electrons. The Morgan fingerprint density at radius 2 is 2.05 bits per heavy atom. The minimum Gasteiger partial charge on any atom is -0.330 e.